The second-order valence-electron chi connectivity index (χ2n) is 6.22. The summed E-state index contributed by atoms with van der Waals surface area (Å²) in [6.07, 6.45) is 0. The van der Waals surface area contributed by atoms with Gasteiger partial charge in [-0.15, -0.1) is 0 Å². The van der Waals surface area contributed by atoms with E-state index in [1.54, 1.807) is 6.07 Å². The molecule has 0 aliphatic rings. The molecule has 0 unspecified atom stereocenters. The lowest BCUT2D eigenvalue weighted by Crippen LogP contribution is -2.27. The van der Waals surface area contributed by atoms with Crippen LogP contribution in [0, 0.1) is 5.82 Å². The first-order valence-electron chi connectivity index (χ1n) is 8.35. The Labute approximate surface area is 176 Å². The minimum Gasteiger partial charge on any atom is -0.506 e. The molecule has 3 aromatic carbocycles. The molecule has 0 radical (unpaired) electrons. The van der Waals surface area contributed by atoms with E-state index in [4.69, 9.17) is 28.9 Å². The number of aromatic hydroxyl groups is 1. The maximum atomic E-state index is 14.1. The Bertz CT molecular complexity index is 1110. The summed E-state index contributed by atoms with van der Waals surface area (Å²) < 4.78 is 14.1. The molecule has 0 atom stereocenters. The molecule has 8 heteroatoms. The lowest BCUT2D eigenvalue weighted by molar-refractivity contribution is 0.0984. The highest BCUT2D eigenvalue weighted by molar-refractivity contribution is 6.34. The number of rotatable bonds is 4. The number of phenolic OH excluding ortho intramolecular Hbond substituents is 1. The minimum absolute atomic E-state index is 0.0343. The molecule has 148 valence electrons. The number of carbonyl (C=O) groups is 2. The summed E-state index contributed by atoms with van der Waals surface area (Å²) >= 11 is 12.2. The lowest BCUT2D eigenvalue weighted by atomic mass is 10.0. The van der Waals surface area contributed by atoms with E-state index in [9.17, 15) is 19.1 Å². The molecule has 0 spiro atoms. The number of hydrogen-bond donors (Lipinski definition) is 2. The smallest absolute Gasteiger partial charge is 0.262 e. The molecular formula is C21H15Cl2FN2O3. The summed E-state index contributed by atoms with van der Waals surface area (Å²) in [7, 11) is 1.39. The van der Waals surface area contributed by atoms with Crippen LogP contribution in [0.1, 0.15) is 20.7 Å². The molecule has 0 saturated carbocycles. The molecule has 29 heavy (non-hydrogen) atoms. The number of phenols is 1. The largest absolute Gasteiger partial charge is 0.506 e. The van der Waals surface area contributed by atoms with E-state index in [0.29, 0.717) is 16.1 Å². The maximum Gasteiger partial charge on any atom is 0.262 e. The van der Waals surface area contributed by atoms with Crippen LogP contribution in [-0.2, 0) is 0 Å². The molecule has 0 aliphatic heterocycles. The Balaban J connectivity index is 1.99. The molecule has 0 bridgehead atoms. The first-order chi connectivity index (χ1) is 13.7. The van der Waals surface area contributed by atoms with Crippen molar-refractivity contribution in [1.82, 2.24) is 0 Å². The highest BCUT2D eigenvalue weighted by Crippen LogP contribution is 2.36. The number of nitrogens with two attached hydrogens (primary N) is 1. The van der Waals surface area contributed by atoms with Gasteiger partial charge in [0.2, 0.25) is 5.91 Å². The minimum atomic E-state index is -0.763. The molecule has 0 heterocycles. The number of benzene rings is 3. The summed E-state index contributed by atoms with van der Waals surface area (Å²) in [5.41, 5.74) is 6.39. The van der Waals surface area contributed by atoms with E-state index in [2.05, 4.69) is 0 Å². The van der Waals surface area contributed by atoms with Crippen LogP contribution in [0.15, 0.2) is 54.6 Å². The Morgan fingerprint density at radius 1 is 1.03 bits per heavy atom. The fraction of sp³-hybridized carbons (Fsp3) is 0.0476. The Morgan fingerprint density at radius 3 is 2.38 bits per heavy atom. The predicted octanol–water partition coefficient (Wildman–Crippen LogP) is 4.88. The van der Waals surface area contributed by atoms with Crippen molar-refractivity contribution in [3.8, 4) is 16.9 Å². The standard InChI is InChI=1S/C21H15Cl2FN2O3/c1-26(21(29)19-15(23)3-2-4-16(19)24)17-8-6-11(10-18(17)27)13-9-12(20(25)28)5-7-14(13)22/h2-10,27H,1H3,(H2,25,28). The van der Waals surface area contributed by atoms with Gasteiger partial charge in [-0.2, -0.15) is 0 Å². The van der Waals surface area contributed by atoms with Gasteiger partial charge in [0, 0.05) is 23.2 Å². The van der Waals surface area contributed by atoms with Crippen LogP contribution in [0.4, 0.5) is 10.1 Å². The van der Waals surface area contributed by atoms with Gasteiger partial charge < -0.3 is 15.7 Å². The van der Waals surface area contributed by atoms with Crippen LogP contribution < -0.4 is 10.6 Å². The fourth-order valence-electron chi connectivity index (χ4n) is 2.85. The third-order valence-corrected chi connectivity index (χ3v) is 5.02. The van der Waals surface area contributed by atoms with Gasteiger partial charge in [0.15, 0.2) is 0 Å². The molecule has 0 saturated heterocycles. The summed E-state index contributed by atoms with van der Waals surface area (Å²) in [5.74, 6) is -2.34. The number of hydrogen-bond acceptors (Lipinski definition) is 3. The summed E-state index contributed by atoms with van der Waals surface area (Å²) in [5, 5.41) is 10.8. The van der Waals surface area contributed by atoms with Crippen molar-refractivity contribution in [2.45, 2.75) is 0 Å². The van der Waals surface area contributed by atoms with E-state index in [-0.39, 0.29) is 27.6 Å². The van der Waals surface area contributed by atoms with E-state index in [1.807, 2.05) is 0 Å². The Kier molecular flexibility index (Phi) is 5.77. The van der Waals surface area contributed by atoms with Crippen LogP contribution in [0.2, 0.25) is 10.0 Å². The molecule has 0 aliphatic carbocycles. The zero-order valence-electron chi connectivity index (χ0n) is 15.1. The third-order valence-electron chi connectivity index (χ3n) is 4.38. The van der Waals surface area contributed by atoms with Gasteiger partial charge in [0.05, 0.1) is 16.3 Å². The van der Waals surface area contributed by atoms with Gasteiger partial charge in [-0.25, -0.2) is 4.39 Å². The number of amides is 2. The maximum absolute atomic E-state index is 14.1. The van der Waals surface area contributed by atoms with Crippen molar-refractivity contribution < 1.29 is 19.1 Å². The second kappa shape index (κ2) is 8.11. The van der Waals surface area contributed by atoms with Crippen molar-refractivity contribution in [1.29, 1.82) is 0 Å². The van der Waals surface area contributed by atoms with Gasteiger partial charge >= 0.3 is 0 Å². The SMILES string of the molecule is CN(C(=O)c1c(F)cccc1Cl)c1ccc(-c2cc(C(N)=O)ccc2Cl)cc1O. The van der Waals surface area contributed by atoms with Gasteiger partial charge in [-0.05, 0) is 48.0 Å². The van der Waals surface area contributed by atoms with E-state index in [0.717, 1.165) is 11.0 Å². The van der Waals surface area contributed by atoms with Crippen LogP contribution >= 0.6 is 23.2 Å². The van der Waals surface area contributed by atoms with Crippen molar-refractivity contribution in [2.75, 3.05) is 11.9 Å². The number of carbonyl (C=O) groups excluding carboxylic acids is 2. The van der Waals surface area contributed by atoms with Crippen molar-refractivity contribution in [2.24, 2.45) is 5.73 Å². The van der Waals surface area contributed by atoms with Crippen LogP contribution in [0.5, 0.6) is 5.75 Å². The zero-order valence-corrected chi connectivity index (χ0v) is 16.6. The molecule has 0 aromatic heterocycles. The second-order valence-corrected chi connectivity index (χ2v) is 7.04. The van der Waals surface area contributed by atoms with Crippen molar-refractivity contribution >= 4 is 40.7 Å². The van der Waals surface area contributed by atoms with E-state index in [1.165, 1.54) is 49.5 Å². The number of nitrogens with zero attached hydrogens (tertiary/aromatic N) is 1. The summed E-state index contributed by atoms with van der Waals surface area (Å²) in [6.45, 7) is 0. The van der Waals surface area contributed by atoms with Crippen LogP contribution in [0.3, 0.4) is 0 Å². The summed E-state index contributed by atoms with van der Waals surface area (Å²) in [4.78, 5) is 25.2. The first-order valence-corrected chi connectivity index (χ1v) is 9.11. The number of primary amides is 1. The van der Waals surface area contributed by atoms with Crippen molar-refractivity contribution in [3.05, 3.63) is 81.6 Å². The highest BCUT2D eigenvalue weighted by atomic mass is 35.5. The molecular weight excluding hydrogens is 418 g/mol. The van der Waals surface area contributed by atoms with E-state index < -0.39 is 17.6 Å². The van der Waals surface area contributed by atoms with Gasteiger partial charge in [-0.1, -0.05) is 35.3 Å². The number of anilines is 1. The summed E-state index contributed by atoms with van der Waals surface area (Å²) in [6, 6.07) is 12.9. The molecule has 3 aromatic rings. The first kappa shape index (κ1) is 20.6. The van der Waals surface area contributed by atoms with Gasteiger partial charge in [-0.3, -0.25) is 9.59 Å². The van der Waals surface area contributed by atoms with Gasteiger partial charge in [0.25, 0.3) is 5.91 Å². The monoisotopic (exact) mass is 432 g/mol. The Morgan fingerprint density at radius 2 is 1.76 bits per heavy atom. The van der Waals surface area contributed by atoms with Crippen LogP contribution in [0.25, 0.3) is 11.1 Å². The molecule has 2 amide bonds. The molecule has 0 fully saturated rings. The highest BCUT2D eigenvalue weighted by Gasteiger charge is 2.23. The fourth-order valence-corrected chi connectivity index (χ4v) is 3.32. The topological polar surface area (TPSA) is 83.6 Å². The predicted molar refractivity (Wildman–Crippen MR) is 111 cm³/mol. The molecule has 3 rings (SSSR count). The quantitative estimate of drug-likeness (QED) is 0.615. The van der Waals surface area contributed by atoms with Crippen LogP contribution in [-0.4, -0.2) is 24.0 Å². The Hall–Kier alpha value is -3.09. The average Bonchev–Trinajstić information content (AvgIpc) is 2.67. The molecule has 3 N–H and O–H groups in total. The third kappa shape index (κ3) is 4.04. The van der Waals surface area contributed by atoms with E-state index >= 15 is 0 Å². The van der Waals surface area contributed by atoms with Gasteiger partial charge in [0.1, 0.15) is 11.6 Å². The zero-order chi connectivity index (χ0) is 21.3. The molecule has 5 nitrogen and oxygen atoms in total. The average molecular weight is 433 g/mol. The lowest BCUT2D eigenvalue weighted by Gasteiger charge is -2.20. The number of halogens is 3. The van der Waals surface area contributed by atoms with Crippen molar-refractivity contribution in [3.63, 3.8) is 0 Å². The normalized spacial score (nSPS) is 10.6.